The molecule has 4 saturated heterocycles. The van der Waals surface area contributed by atoms with Crippen LogP contribution in [-0.4, -0.2) is 129 Å². The fourth-order valence-corrected chi connectivity index (χ4v) is 16.9. The first-order valence-electron chi connectivity index (χ1n) is 28.4. The maximum Gasteiger partial charge on any atom is 0.0483 e. The third-order valence-corrected chi connectivity index (χ3v) is 20.4. The number of aryl methyl sites for hydroxylation is 1. The molecule has 0 bridgehead atoms. The minimum atomic E-state index is 0. The number of likely N-dealkylation sites (N-methyl/N-ethyl adjacent to an activating group) is 2. The Hall–Kier alpha value is -2.12. The number of benzene rings is 4. The van der Waals surface area contributed by atoms with E-state index in [4.69, 9.17) is 10.6 Å². The normalized spacial score (nSPS) is 29.4. The summed E-state index contributed by atoms with van der Waals surface area (Å²) in [6.45, 7) is 7.14. The monoisotopic (exact) mass is 1300 g/mol. The number of hydrogen-bond donors (Lipinski definition) is 5. The number of aliphatic hydroxyl groups is 2. The van der Waals surface area contributed by atoms with Gasteiger partial charge in [-0.2, -0.15) is 11.8 Å². The molecule has 0 spiro atoms. The molecule has 5 N–H and O–H groups in total. The number of H-pyrrole nitrogens is 3. The largest absolute Gasteiger partial charge is 0.659 e. The molecule has 0 amide bonds. The van der Waals surface area contributed by atoms with Crippen LogP contribution in [0.15, 0.2) is 97.6 Å². The molecular weight excluding hydrogens is 1230 g/mol. The second-order valence-electron chi connectivity index (χ2n) is 24.3. The maximum absolute atomic E-state index is 9.52. The van der Waals surface area contributed by atoms with Crippen molar-refractivity contribution in [2.45, 2.75) is 106 Å². The molecule has 12 atom stereocenters. The van der Waals surface area contributed by atoms with Crippen LogP contribution in [0.5, 0.6) is 0 Å². The van der Waals surface area contributed by atoms with Gasteiger partial charge in [0.1, 0.15) is 0 Å². The van der Waals surface area contributed by atoms with Gasteiger partial charge >= 0.3 is 0 Å². The molecule has 0 saturated carbocycles. The molecule has 4 fully saturated rings. The van der Waals surface area contributed by atoms with Crippen molar-refractivity contribution in [2.24, 2.45) is 30.7 Å². The minimum Gasteiger partial charge on any atom is -0.659 e. The number of aromatic amines is 3. The van der Waals surface area contributed by atoms with Crippen molar-refractivity contribution >= 4 is 55.4 Å². The zero-order valence-electron chi connectivity index (χ0n) is 46.0. The van der Waals surface area contributed by atoms with Crippen LogP contribution in [-0.2, 0) is 32.7 Å². The van der Waals surface area contributed by atoms with E-state index in [0.29, 0.717) is 60.4 Å². The standard InChI is InChI=1S/C17H22N2.C16H20N2O.C16H19N2S.C15H17N2O.2Pr/c1-11-7-14-13-5-4-6-15-17(13)12(10-19(15)3)8-16(14)18(2)9-11;1-18-8-10(9-19)5-13-12-3-2-4-14-16(12)11(7-17-14)6-15(13)18;1-19-9-10-5-13-12-3-2-4-14-16(12)11(8-18-14)6-15(13)17-7-10;18-8-9-4-12-11-2-1-3-13-15(11)10(7-17-13)5-14(12)16-6-9;;/h4-6,10-11,14,16H,7-9H2,1-3H3;2-4,7,10,13,15,17,19H,5-6,8-9H2,1H3;2-4,8,10,13,15,18H,5-7,9H2,1H3;1-3,7,9,12,14,17-18H,4-6,8H2;;/q;;2*-1;;/t11-,14-,16-;;;;;/m1...../s1. The van der Waals surface area contributed by atoms with E-state index in [1.807, 2.05) is 11.8 Å². The number of hydrogen-bond acceptors (Lipinski definition) is 5. The molecule has 400 valence electrons. The number of piperidine rings is 4. The van der Waals surface area contributed by atoms with Gasteiger partial charge in [0.15, 0.2) is 0 Å². The first-order valence-corrected chi connectivity index (χ1v) is 29.8. The maximum atomic E-state index is 9.52. The zero-order valence-corrected chi connectivity index (χ0v) is 54.2. The van der Waals surface area contributed by atoms with Gasteiger partial charge in [0.05, 0.1) is 0 Å². The van der Waals surface area contributed by atoms with E-state index in [9.17, 15) is 10.2 Å². The SMILES string of the molecule is CN1CC(CO)CC2c3cccc4[nH]cc(c34)CC21.CSCC1C[N-]C2Cc3c[nH]c4cccc(c34)C2C1.C[C@@H]1C[C@@H]2c3cccc4c3c(cn4C)C[C@H]2N(C)C1.OCC1C[N-]C2Cc3c[nH]c4cccc(c34)C2C1.[Pr].[Pr]. The quantitative estimate of drug-likeness (QED) is 0.120. The molecule has 4 aromatic carbocycles. The van der Waals surface area contributed by atoms with Gasteiger partial charge in [0.2, 0.25) is 0 Å². The summed E-state index contributed by atoms with van der Waals surface area (Å²) in [7, 11) is 6.69. The van der Waals surface area contributed by atoms with Gasteiger partial charge in [-0.1, -0.05) is 61.4 Å². The summed E-state index contributed by atoms with van der Waals surface area (Å²) in [5.74, 6) is 6.06. The Balaban J connectivity index is 0.000000108. The molecule has 2 radical (unpaired) electrons. The Kier molecular flexibility index (Phi) is 17.7. The van der Waals surface area contributed by atoms with Crippen LogP contribution in [0.3, 0.4) is 0 Å². The molecule has 10 nitrogen and oxygen atoms in total. The minimum absolute atomic E-state index is 0. The predicted molar refractivity (Wildman–Crippen MR) is 311 cm³/mol. The summed E-state index contributed by atoms with van der Waals surface area (Å²) in [6, 6.07) is 28.9. The van der Waals surface area contributed by atoms with E-state index < -0.39 is 0 Å². The van der Waals surface area contributed by atoms with Crippen molar-refractivity contribution < 1.29 is 92.8 Å². The van der Waals surface area contributed by atoms with Crippen molar-refractivity contribution in [1.29, 1.82) is 0 Å². The molecule has 4 aromatic heterocycles. The zero-order chi connectivity index (χ0) is 51.1. The molecule has 13 heteroatoms. The van der Waals surface area contributed by atoms with E-state index in [-0.39, 0.29) is 89.2 Å². The molecule has 8 aromatic rings. The topological polar surface area (TPSA) is 127 Å². The number of fused-ring (bicyclic) bond motifs is 8. The number of likely N-dealkylation sites (tertiary alicyclic amines) is 2. The average Bonchev–Trinajstić information content (AvgIpc) is 4.29. The first kappa shape index (κ1) is 56.7. The van der Waals surface area contributed by atoms with Gasteiger partial charge in [-0.25, -0.2) is 0 Å². The van der Waals surface area contributed by atoms with E-state index in [1.54, 1.807) is 22.1 Å². The Morgan fingerprint density at radius 2 is 0.987 bits per heavy atom. The van der Waals surface area contributed by atoms with Crippen molar-refractivity contribution in [3.8, 4) is 0 Å². The van der Waals surface area contributed by atoms with Gasteiger partial charge in [0, 0.05) is 208 Å². The molecular formula is C64H78N8O2Pr2S-2. The summed E-state index contributed by atoms with van der Waals surface area (Å²) in [5.41, 5.74) is 17.2. The summed E-state index contributed by atoms with van der Waals surface area (Å²) >= 11 is 1.96. The molecule has 77 heavy (non-hydrogen) atoms. The molecule has 4 aliphatic heterocycles. The number of aliphatic hydroxyl groups excluding tert-OH is 2. The smallest absolute Gasteiger partial charge is 0.0483 e. The summed E-state index contributed by atoms with van der Waals surface area (Å²) in [5, 5.41) is 34.6. The molecule has 4 aliphatic carbocycles. The molecule has 16 rings (SSSR count). The van der Waals surface area contributed by atoms with Crippen LogP contribution in [0.2, 0.25) is 0 Å². The van der Waals surface area contributed by atoms with Gasteiger partial charge in [-0.3, -0.25) is 0 Å². The van der Waals surface area contributed by atoms with Crippen LogP contribution >= 0.6 is 11.8 Å². The van der Waals surface area contributed by atoms with Gasteiger partial charge in [-0.15, -0.1) is 25.2 Å². The van der Waals surface area contributed by atoms with E-state index in [0.717, 1.165) is 69.5 Å². The Bertz CT molecular complexity index is 3340. The summed E-state index contributed by atoms with van der Waals surface area (Å²) in [4.78, 5) is 15.2. The van der Waals surface area contributed by atoms with Crippen molar-refractivity contribution in [1.82, 2.24) is 29.3 Å². The van der Waals surface area contributed by atoms with Crippen molar-refractivity contribution in [2.75, 3.05) is 65.5 Å². The Morgan fingerprint density at radius 3 is 1.55 bits per heavy atom. The van der Waals surface area contributed by atoms with Crippen LogP contribution in [0, 0.1) is 106 Å². The fourth-order valence-electron chi connectivity index (χ4n) is 16.2. The number of nitrogens with zero attached hydrogens (tertiary/aromatic N) is 5. The number of thioether (sulfide) groups is 1. The number of rotatable bonds is 4. The summed E-state index contributed by atoms with van der Waals surface area (Å²) in [6.07, 6.45) is 20.5. The third-order valence-electron chi connectivity index (χ3n) is 19.6. The van der Waals surface area contributed by atoms with Crippen LogP contribution in [0.25, 0.3) is 54.2 Å². The van der Waals surface area contributed by atoms with E-state index in [1.165, 1.54) is 97.6 Å². The third kappa shape index (κ3) is 10.6. The Labute approximate surface area is 526 Å². The van der Waals surface area contributed by atoms with Gasteiger partial charge in [-0.05, 0) is 176 Å². The fraction of sp³-hybridized carbons (Fsp3) is 0.500. The second-order valence-corrected chi connectivity index (χ2v) is 25.3. The number of aromatic nitrogens is 4. The van der Waals surface area contributed by atoms with Crippen molar-refractivity contribution in [3.63, 3.8) is 0 Å². The molecule has 8 heterocycles. The van der Waals surface area contributed by atoms with E-state index >= 15 is 0 Å². The Morgan fingerprint density at radius 1 is 0.532 bits per heavy atom. The number of nitrogens with one attached hydrogen (secondary N) is 3. The first-order chi connectivity index (χ1) is 36.7. The predicted octanol–water partition coefficient (Wildman–Crippen LogP) is 11.8. The molecule has 9 unspecified atom stereocenters. The van der Waals surface area contributed by atoms with Crippen LogP contribution < -0.4 is 0 Å². The van der Waals surface area contributed by atoms with Crippen LogP contribution in [0.1, 0.15) is 101 Å². The average molecular weight is 1310 g/mol. The van der Waals surface area contributed by atoms with Crippen LogP contribution in [0.4, 0.5) is 0 Å². The summed E-state index contributed by atoms with van der Waals surface area (Å²) < 4.78 is 2.30. The van der Waals surface area contributed by atoms with Crippen molar-refractivity contribution in [3.05, 3.63) is 153 Å². The molecule has 8 aliphatic rings. The van der Waals surface area contributed by atoms with Gasteiger partial charge in [0.25, 0.3) is 0 Å². The van der Waals surface area contributed by atoms with Gasteiger partial charge < -0.3 is 50.2 Å². The van der Waals surface area contributed by atoms with E-state index in [2.05, 4.69) is 161 Å². The second kappa shape index (κ2) is 24.0.